The van der Waals surface area contributed by atoms with E-state index in [4.69, 9.17) is 14.6 Å². The molecule has 2 aromatic carbocycles. The van der Waals surface area contributed by atoms with Gasteiger partial charge in [-0.2, -0.15) is 0 Å². The summed E-state index contributed by atoms with van der Waals surface area (Å²) in [6, 6.07) is 12.4. The number of para-hydroxylation sites is 1. The molecular formula is C17H16N2O4. The standard InChI is InChI=1S/C17H16N2O4/c1-22-15-10-11(6-7-14(15)23-9-8-20)16-18-13-5-3-2-4-12(13)17(21)19-16/h2-7,10,20H,8-9H2,1H3,(H,18,19,21). The van der Waals surface area contributed by atoms with E-state index in [-0.39, 0.29) is 18.8 Å². The number of aromatic amines is 1. The molecule has 0 saturated heterocycles. The topological polar surface area (TPSA) is 84.4 Å². The quantitative estimate of drug-likeness (QED) is 0.752. The number of aliphatic hydroxyl groups excluding tert-OH is 1. The van der Waals surface area contributed by atoms with Crippen molar-refractivity contribution < 1.29 is 14.6 Å². The molecule has 3 aromatic rings. The maximum Gasteiger partial charge on any atom is 0.259 e. The van der Waals surface area contributed by atoms with E-state index < -0.39 is 0 Å². The second kappa shape index (κ2) is 6.50. The minimum Gasteiger partial charge on any atom is -0.493 e. The molecule has 118 valence electrons. The Morgan fingerprint density at radius 3 is 2.78 bits per heavy atom. The third kappa shape index (κ3) is 3.02. The van der Waals surface area contributed by atoms with Gasteiger partial charge >= 0.3 is 0 Å². The lowest BCUT2D eigenvalue weighted by molar-refractivity contribution is 0.196. The van der Waals surface area contributed by atoms with Gasteiger partial charge in [0.05, 0.1) is 24.6 Å². The molecule has 23 heavy (non-hydrogen) atoms. The van der Waals surface area contributed by atoms with E-state index in [1.54, 1.807) is 36.4 Å². The summed E-state index contributed by atoms with van der Waals surface area (Å²) in [5.41, 5.74) is 1.15. The van der Waals surface area contributed by atoms with Gasteiger partial charge in [0, 0.05) is 5.56 Å². The van der Waals surface area contributed by atoms with Crippen LogP contribution in [0, 0.1) is 0 Å². The molecule has 0 amide bonds. The van der Waals surface area contributed by atoms with E-state index in [0.29, 0.717) is 33.8 Å². The molecule has 0 aliphatic heterocycles. The molecule has 0 aliphatic rings. The largest absolute Gasteiger partial charge is 0.493 e. The number of rotatable bonds is 5. The van der Waals surface area contributed by atoms with E-state index >= 15 is 0 Å². The zero-order chi connectivity index (χ0) is 16.2. The Balaban J connectivity index is 2.06. The average molecular weight is 312 g/mol. The van der Waals surface area contributed by atoms with Crippen LogP contribution in [0.1, 0.15) is 0 Å². The highest BCUT2D eigenvalue weighted by molar-refractivity contribution is 5.79. The van der Waals surface area contributed by atoms with Crippen LogP contribution in [-0.2, 0) is 0 Å². The Morgan fingerprint density at radius 2 is 2.00 bits per heavy atom. The van der Waals surface area contributed by atoms with Gasteiger partial charge < -0.3 is 19.6 Å². The third-order valence-corrected chi connectivity index (χ3v) is 3.40. The lowest BCUT2D eigenvalue weighted by atomic mass is 10.1. The van der Waals surface area contributed by atoms with Crippen molar-refractivity contribution in [1.82, 2.24) is 9.97 Å². The first-order valence-corrected chi connectivity index (χ1v) is 7.14. The van der Waals surface area contributed by atoms with E-state index in [2.05, 4.69) is 9.97 Å². The smallest absolute Gasteiger partial charge is 0.259 e. The summed E-state index contributed by atoms with van der Waals surface area (Å²) in [5.74, 6) is 1.49. The van der Waals surface area contributed by atoms with Gasteiger partial charge in [0.15, 0.2) is 11.5 Å². The molecule has 6 nitrogen and oxygen atoms in total. The van der Waals surface area contributed by atoms with E-state index in [1.807, 2.05) is 6.07 Å². The van der Waals surface area contributed by atoms with Gasteiger partial charge in [0.25, 0.3) is 5.56 Å². The van der Waals surface area contributed by atoms with Crippen molar-refractivity contribution in [2.75, 3.05) is 20.3 Å². The molecule has 6 heteroatoms. The molecule has 0 radical (unpaired) electrons. The molecule has 0 fully saturated rings. The highest BCUT2D eigenvalue weighted by Crippen LogP contribution is 2.31. The number of methoxy groups -OCH3 is 1. The summed E-state index contributed by atoms with van der Waals surface area (Å²) >= 11 is 0. The van der Waals surface area contributed by atoms with Crippen LogP contribution in [0.4, 0.5) is 0 Å². The lowest BCUT2D eigenvalue weighted by Crippen LogP contribution is -2.09. The van der Waals surface area contributed by atoms with E-state index in [0.717, 1.165) is 0 Å². The van der Waals surface area contributed by atoms with Crippen LogP contribution >= 0.6 is 0 Å². The Hall–Kier alpha value is -2.86. The monoisotopic (exact) mass is 312 g/mol. The number of nitrogens with one attached hydrogen (secondary N) is 1. The fourth-order valence-electron chi connectivity index (χ4n) is 2.31. The molecule has 0 unspecified atom stereocenters. The first-order chi connectivity index (χ1) is 11.2. The summed E-state index contributed by atoms with van der Waals surface area (Å²) in [4.78, 5) is 19.4. The van der Waals surface area contributed by atoms with Gasteiger partial charge in [0.1, 0.15) is 12.4 Å². The maximum absolute atomic E-state index is 12.2. The zero-order valence-corrected chi connectivity index (χ0v) is 12.6. The molecule has 0 aliphatic carbocycles. The molecular weight excluding hydrogens is 296 g/mol. The summed E-state index contributed by atoms with van der Waals surface area (Å²) in [7, 11) is 1.53. The van der Waals surface area contributed by atoms with Gasteiger partial charge in [0.2, 0.25) is 0 Å². The van der Waals surface area contributed by atoms with Crippen molar-refractivity contribution >= 4 is 10.9 Å². The summed E-state index contributed by atoms with van der Waals surface area (Å²) in [6.07, 6.45) is 0. The first kappa shape index (κ1) is 15.1. The van der Waals surface area contributed by atoms with Crippen molar-refractivity contribution in [2.24, 2.45) is 0 Å². The van der Waals surface area contributed by atoms with Gasteiger partial charge in [-0.15, -0.1) is 0 Å². The number of aliphatic hydroxyl groups is 1. The number of aromatic nitrogens is 2. The second-order valence-corrected chi connectivity index (χ2v) is 4.87. The summed E-state index contributed by atoms with van der Waals surface area (Å²) in [6.45, 7) is 0.102. The van der Waals surface area contributed by atoms with E-state index in [9.17, 15) is 4.79 Å². The fraction of sp³-hybridized carbons (Fsp3) is 0.176. The van der Waals surface area contributed by atoms with Gasteiger partial charge in [-0.3, -0.25) is 4.79 Å². The van der Waals surface area contributed by atoms with Crippen LogP contribution in [0.2, 0.25) is 0 Å². The molecule has 3 rings (SSSR count). The normalized spacial score (nSPS) is 10.7. The number of benzene rings is 2. The van der Waals surface area contributed by atoms with Crippen molar-refractivity contribution in [2.45, 2.75) is 0 Å². The van der Waals surface area contributed by atoms with Crippen LogP contribution in [0.25, 0.3) is 22.3 Å². The number of hydrogen-bond acceptors (Lipinski definition) is 5. The number of H-pyrrole nitrogens is 1. The molecule has 0 atom stereocenters. The molecule has 0 saturated carbocycles. The zero-order valence-electron chi connectivity index (χ0n) is 12.6. The number of ether oxygens (including phenoxy) is 2. The Morgan fingerprint density at radius 1 is 1.17 bits per heavy atom. The van der Waals surface area contributed by atoms with Crippen LogP contribution in [0.3, 0.4) is 0 Å². The lowest BCUT2D eigenvalue weighted by Gasteiger charge is -2.11. The number of nitrogens with zero attached hydrogens (tertiary/aromatic N) is 1. The van der Waals surface area contributed by atoms with Crippen molar-refractivity contribution in [3.05, 3.63) is 52.8 Å². The predicted molar refractivity (Wildman–Crippen MR) is 86.9 cm³/mol. The Labute approximate surface area is 132 Å². The number of hydrogen-bond donors (Lipinski definition) is 2. The average Bonchev–Trinajstić information content (AvgIpc) is 2.59. The Bertz CT molecular complexity index is 889. The highest BCUT2D eigenvalue weighted by Gasteiger charge is 2.10. The van der Waals surface area contributed by atoms with Crippen LogP contribution < -0.4 is 15.0 Å². The SMILES string of the molecule is COc1cc(-c2nc3ccccc3c(=O)[nH]2)ccc1OCCO. The first-order valence-electron chi connectivity index (χ1n) is 7.14. The Kier molecular flexibility index (Phi) is 4.25. The van der Waals surface area contributed by atoms with Gasteiger partial charge in [-0.1, -0.05) is 12.1 Å². The van der Waals surface area contributed by atoms with Gasteiger partial charge in [-0.25, -0.2) is 4.98 Å². The molecule has 1 heterocycles. The van der Waals surface area contributed by atoms with Crippen molar-refractivity contribution in [3.63, 3.8) is 0 Å². The maximum atomic E-state index is 12.2. The van der Waals surface area contributed by atoms with Crippen molar-refractivity contribution in [3.8, 4) is 22.9 Å². The van der Waals surface area contributed by atoms with Gasteiger partial charge in [-0.05, 0) is 30.3 Å². The highest BCUT2D eigenvalue weighted by atomic mass is 16.5. The number of fused-ring (bicyclic) bond motifs is 1. The summed E-state index contributed by atoms with van der Waals surface area (Å²) in [5, 5.41) is 9.39. The van der Waals surface area contributed by atoms with E-state index in [1.165, 1.54) is 7.11 Å². The third-order valence-electron chi connectivity index (χ3n) is 3.40. The second-order valence-electron chi connectivity index (χ2n) is 4.87. The fourth-order valence-corrected chi connectivity index (χ4v) is 2.31. The molecule has 1 aromatic heterocycles. The van der Waals surface area contributed by atoms with Crippen molar-refractivity contribution in [1.29, 1.82) is 0 Å². The molecule has 2 N–H and O–H groups in total. The van der Waals surface area contributed by atoms with Crippen LogP contribution in [-0.4, -0.2) is 35.4 Å². The molecule has 0 bridgehead atoms. The molecule has 0 spiro atoms. The predicted octanol–water partition coefficient (Wildman–Crippen LogP) is 1.97. The summed E-state index contributed by atoms with van der Waals surface area (Å²) < 4.78 is 10.7. The van der Waals surface area contributed by atoms with Crippen LogP contribution in [0.5, 0.6) is 11.5 Å². The minimum absolute atomic E-state index is 0.0789. The van der Waals surface area contributed by atoms with Crippen LogP contribution in [0.15, 0.2) is 47.3 Å². The minimum atomic E-state index is -0.190.